The largest absolute Gasteiger partial charge is 0.349 e. The Morgan fingerprint density at radius 2 is 1.79 bits per heavy atom. The number of fused-ring (bicyclic) bond motifs is 7. The monoisotopic (exact) mass is 311 g/mol. The molecule has 0 aliphatic rings. The fourth-order valence-electron chi connectivity index (χ4n) is 3.36. The van der Waals surface area contributed by atoms with Gasteiger partial charge in [0.1, 0.15) is 5.69 Å². The second-order valence-corrected chi connectivity index (χ2v) is 6.00. The SMILES string of the molecule is CC(=O)c1cnc2ccc3nc4c5ccccc5ccc4c3c2[nH]1. The average Bonchev–Trinajstić information content (AvgIpc) is 3.00. The van der Waals surface area contributed by atoms with E-state index in [1.54, 1.807) is 6.20 Å². The van der Waals surface area contributed by atoms with Gasteiger partial charge in [-0.3, -0.25) is 9.78 Å². The van der Waals surface area contributed by atoms with Crippen molar-refractivity contribution in [3.8, 4) is 0 Å². The lowest BCUT2D eigenvalue weighted by Gasteiger charge is -2.03. The van der Waals surface area contributed by atoms with E-state index in [9.17, 15) is 4.79 Å². The summed E-state index contributed by atoms with van der Waals surface area (Å²) >= 11 is 0. The number of rotatable bonds is 1. The third-order valence-corrected chi connectivity index (χ3v) is 4.54. The number of nitrogens with zero attached hydrogens (tertiary/aromatic N) is 2. The maximum absolute atomic E-state index is 11.7. The third kappa shape index (κ3) is 1.71. The van der Waals surface area contributed by atoms with E-state index in [4.69, 9.17) is 4.98 Å². The average molecular weight is 311 g/mol. The van der Waals surface area contributed by atoms with Crippen molar-refractivity contribution in [2.24, 2.45) is 0 Å². The molecule has 2 heterocycles. The number of aromatic amines is 1. The third-order valence-electron chi connectivity index (χ3n) is 4.54. The van der Waals surface area contributed by atoms with Crippen molar-refractivity contribution in [3.63, 3.8) is 0 Å². The van der Waals surface area contributed by atoms with Gasteiger partial charge in [0.05, 0.1) is 28.3 Å². The lowest BCUT2D eigenvalue weighted by molar-refractivity contribution is 0.101. The molecule has 0 atom stereocenters. The molecule has 0 amide bonds. The van der Waals surface area contributed by atoms with Crippen LogP contribution in [0.4, 0.5) is 0 Å². The molecule has 4 nitrogen and oxygen atoms in total. The molecule has 5 rings (SSSR count). The minimum atomic E-state index is -0.0318. The number of hydrogen-bond donors (Lipinski definition) is 1. The van der Waals surface area contributed by atoms with Crippen LogP contribution in [0.15, 0.2) is 54.7 Å². The van der Waals surface area contributed by atoms with Crippen molar-refractivity contribution in [1.82, 2.24) is 15.0 Å². The Labute approximate surface area is 137 Å². The highest BCUT2D eigenvalue weighted by molar-refractivity contribution is 6.23. The zero-order valence-corrected chi connectivity index (χ0v) is 13.0. The van der Waals surface area contributed by atoms with Crippen LogP contribution < -0.4 is 0 Å². The molecule has 0 saturated heterocycles. The maximum atomic E-state index is 11.7. The first-order valence-corrected chi connectivity index (χ1v) is 7.82. The van der Waals surface area contributed by atoms with Gasteiger partial charge < -0.3 is 4.98 Å². The van der Waals surface area contributed by atoms with Crippen LogP contribution in [0.25, 0.3) is 43.6 Å². The Morgan fingerprint density at radius 3 is 2.67 bits per heavy atom. The van der Waals surface area contributed by atoms with Gasteiger partial charge in [-0.1, -0.05) is 36.4 Å². The van der Waals surface area contributed by atoms with E-state index < -0.39 is 0 Å². The number of aromatic nitrogens is 3. The number of nitrogens with one attached hydrogen (secondary N) is 1. The van der Waals surface area contributed by atoms with Gasteiger partial charge in [0.15, 0.2) is 5.78 Å². The number of carbonyl (C=O) groups is 1. The van der Waals surface area contributed by atoms with Crippen LogP contribution in [0.2, 0.25) is 0 Å². The van der Waals surface area contributed by atoms with Crippen LogP contribution in [-0.4, -0.2) is 20.7 Å². The molecular weight excluding hydrogens is 298 g/mol. The van der Waals surface area contributed by atoms with Crippen molar-refractivity contribution in [3.05, 3.63) is 60.4 Å². The highest BCUT2D eigenvalue weighted by atomic mass is 16.1. The molecule has 0 aliphatic heterocycles. The number of benzene rings is 3. The van der Waals surface area contributed by atoms with Gasteiger partial charge in [0, 0.05) is 23.1 Å². The molecule has 4 heteroatoms. The molecular formula is C20H13N3O. The van der Waals surface area contributed by atoms with Gasteiger partial charge in [0.25, 0.3) is 0 Å². The Kier molecular flexibility index (Phi) is 2.54. The highest BCUT2D eigenvalue weighted by Gasteiger charge is 2.13. The summed E-state index contributed by atoms with van der Waals surface area (Å²) in [6.45, 7) is 1.54. The fraction of sp³-hybridized carbons (Fsp3) is 0.0500. The Hall–Kier alpha value is -3.27. The van der Waals surface area contributed by atoms with E-state index in [1.165, 1.54) is 12.3 Å². The summed E-state index contributed by atoms with van der Waals surface area (Å²) in [5, 5.41) is 4.40. The molecule has 0 unspecified atom stereocenters. The van der Waals surface area contributed by atoms with Crippen LogP contribution in [0.3, 0.4) is 0 Å². The van der Waals surface area contributed by atoms with Crippen molar-refractivity contribution >= 4 is 49.4 Å². The Morgan fingerprint density at radius 1 is 0.958 bits per heavy atom. The predicted octanol–water partition coefficient (Wildman–Crippen LogP) is 4.62. The zero-order valence-electron chi connectivity index (χ0n) is 13.0. The maximum Gasteiger partial charge on any atom is 0.177 e. The summed E-state index contributed by atoms with van der Waals surface area (Å²) in [6, 6.07) is 16.4. The molecule has 1 N–H and O–H groups in total. The number of H-pyrrole nitrogens is 1. The quantitative estimate of drug-likeness (QED) is 0.459. The van der Waals surface area contributed by atoms with Crippen molar-refractivity contribution in [2.75, 3.05) is 0 Å². The standard InChI is InChI=1S/C20H13N3O/c1-11(24)17-10-21-16-9-8-15-18(20(16)23-17)14-7-6-12-4-2-3-5-13(12)19(14)22-15/h2-10,23H,1H3. The van der Waals surface area contributed by atoms with Crippen molar-refractivity contribution in [1.29, 1.82) is 0 Å². The lowest BCUT2D eigenvalue weighted by Crippen LogP contribution is -1.98. The van der Waals surface area contributed by atoms with Crippen LogP contribution in [0.1, 0.15) is 17.4 Å². The molecule has 5 aromatic rings. The summed E-state index contributed by atoms with van der Waals surface area (Å²) in [5.41, 5.74) is 4.09. The molecule has 24 heavy (non-hydrogen) atoms. The first kappa shape index (κ1) is 13.2. The first-order chi connectivity index (χ1) is 11.7. The Bertz CT molecular complexity index is 1280. The molecule has 3 aromatic carbocycles. The predicted molar refractivity (Wildman–Crippen MR) is 96.4 cm³/mol. The molecule has 114 valence electrons. The van der Waals surface area contributed by atoms with Crippen LogP contribution in [0.5, 0.6) is 0 Å². The summed E-state index contributed by atoms with van der Waals surface area (Å²) in [4.78, 5) is 24.2. The van der Waals surface area contributed by atoms with Crippen molar-refractivity contribution in [2.45, 2.75) is 6.92 Å². The molecule has 0 bridgehead atoms. The van der Waals surface area contributed by atoms with Crippen LogP contribution >= 0.6 is 0 Å². The van der Waals surface area contributed by atoms with E-state index in [1.807, 2.05) is 24.3 Å². The Balaban J connectivity index is 2.02. The normalized spacial score (nSPS) is 11.7. The van der Waals surface area contributed by atoms with Crippen molar-refractivity contribution < 1.29 is 4.79 Å². The topological polar surface area (TPSA) is 58.6 Å². The lowest BCUT2D eigenvalue weighted by atomic mass is 10.1. The minimum Gasteiger partial charge on any atom is -0.349 e. The second kappa shape index (κ2) is 4.61. The van der Waals surface area contributed by atoms with Gasteiger partial charge >= 0.3 is 0 Å². The molecule has 0 saturated carbocycles. The van der Waals surface area contributed by atoms with Gasteiger partial charge in [-0.15, -0.1) is 0 Å². The highest BCUT2D eigenvalue weighted by Crippen LogP contribution is 2.34. The molecule has 2 aromatic heterocycles. The van der Waals surface area contributed by atoms with E-state index >= 15 is 0 Å². The van der Waals surface area contributed by atoms with E-state index in [0.717, 1.165) is 38.2 Å². The molecule has 0 radical (unpaired) electrons. The summed E-state index contributed by atoms with van der Waals surface area (Å²) in [7, 11) is 0. The van der Waals surface area contributed by atoms with E-state index in [-0.39, 0.29) is 5.78 Å². The van der Waals surface area contributed by atoms with Gasteiger partial charge in [0.2, 0.25) is 0 Å². The molecule has 0 aliphatic carbocycles. The number of carbonyl (C=O) groups excluding carboxylic acids is 1. The number of hydrogen-bond acceptors (Lipinski definition) is 3. The van der Waals surface area contributed by atoms with E-state index in [2.05, 4.69) is 34.2 Å². The van der Waals surface area contributed by atoms with Gasteiger partial charge in [-0.05, 0) is 17.5 Å². The number of Topliss-reactive ketones (excluding diaryl/α,β-unsaturated/α-hetero) is 1. The summed E-state index contributed by atoms with van der Waals surface area (Å²) in [5.74, 6) is -0.0318. The number of ketones is 1. The van der Waals surface area contributed by atoms with E-state index in [0.29, 0.717) is 5.69 Å². The van der Waals surface area contributed by atoms with Gasteiger partial charge in [-0.2, -0.15) is 0 Å². The summed E-state index contributed by atoms with van der Waals surface area (Å²) in [6.07, 6.45) is 1.59. The first-order valence-electron chi connectivity index (χ1n) is 7.82. The minimum absolute atomic E-state index is 0.0318. The second-order valence-electron chi connectivity index (χ2n) is 6.00. The smallest absolute Gasteiger partial charge is 0.177 e. The molecule has 0 fully saturated rings. The fourth-order valence-corrected chi connectivity index (χ4v) is 3.36. The van der Waals surface area contributed by atoms with Gasteiger partial charge in [-0.25, -0.2) is 4.98 Å². The van der Waals surface area contributed by atoms with Crippen LogP contribution in [-0.2, 0) is 0 Å². The van der Waals surface area contributed by atoms with Crippen LogP contribution in [0, 0.1) is 0 Å². The summed E-state index contributed by atoms with van der Waals surface area (Å²) < 4.78 is 0. The zero-order chi connectivity index (χ0) is 16.3. The molecule has 0 spiro atoms.